The van der Waals surface area contributed by atoms with Gasteiger partial charge < -0.3 is 10.1 Å². The molecule has 1 aromatic carbocycles. The summed E-state index contributed by atoms with van der Waals surface area (Å²) in [5.74, 6) is -1.04. The molecule has 0 aliphatic rings. The van der Waals surface area contributed by atoms with Crippen molar-refractivity contribution in [1.29, 1.82) is 0 Å². The number of halogens is 3. The van der Waals surface area contributed by atoms with Crippen LogP contribution < -0.4 is 5.32 Å². The first-order valence-electron chi connectivity index (χ1n) is 7.91. The number of ether oxygens (including phenoxy) is 1. The highest BCUT2D eigenvalue weighted by atomic mass is 19.4. The molecule has 1 aromatic heterocycles. The van der Waals surface area contributed by atoms with Crippen molar-refractivity contribution in [2.45, 2.75) is 46.3 Å². The minimum atomic E-state index is -4.78. The van der Waals surface area contributed by atoms with Gasteiger partial charge >= 0.3 is 12.1 Å². The summed E-state index contributed by atoms with van der Waals surface area (Å²) in [5.41, 5.74) is -1.29. The molecule has 7 heteroatoms. The van der Waals surface area contributed by atoms with Crippen LogP contribution in [-0.2, 0) is 10.9 Å². The number of anilines is 1. The largest absolute Gasteiger partial charge is 0.462 e. The molecule has 0 saturated heterocycles. The molecule has 0 bridgehead atoms. The number of benzene rings is 1. The third-order valence-electron chi connectivity index (χ3n) is 3.39. The molecule has 0 atom stereocenters. The maximum Gasteiger partial charge on any atom is 0.434 e. The number of hydrogen-bond acceptors (Lipinski definition) is 4. The first-order chi connectivity index (χ1) is 11.4. The smallest absolute Gasteiger partial charge is 0.434 e. The quantitative estimate of drug-likeness (QED) is 0.793. The van der Waals surface area contributed by atoms with E-state index in [0.29, 0.717) is 5.39 Å². The van der Waals surface area contributed by atoms with E-state index < -0.39 is 28.9 Å². The molecular weight excluding hydrogens is 333 g/mol. The summed E-state index contributed by atoms with van der Waals surface area (Å²) in [6.45, 7) is 8.74. The van der Waals surface area contributed by atoms with E-state index in [1.807, 2.05) is 6.92 Å². The zero-order chi connectivity index (χ0) is 19.0. The maximum atomic E-state index is 13.6. The van der Waals surface area contributed by atoms with Crippen LogP contribution in [0.5, 0.6) is 0 Å². The predicted octanol–water partition coefficient (Wildman–Crippen LogP) is 4.95. The first-order valence-corrected chi connectivity index (χ1v) is 7.91. The van der Waals surface area contributed by atoms with Gasteiger partial charge in [0.05, 0.1) is 17.8 Å². The van der Waals surface area contributed by atoms with Crippen LogP contribution in [0.1, 0.15) is 49.3 Å². The Morgan fingerprint density at radius 2 is 1.88 bits per heavy atom. The SMILES string of the molecule is CCOC(=O)c1c(C(F)(F)F)nc2ccc(C)cc2c1NC(C)(C)C. The van der Waals surface area contributed by atoms with Crippen LogP contribution in [-0.4, -0.2) is 23.1 Å². The Hall–Kier alpha value is -2.31. The molecule has 0 saturated carbocycles. The van der Waals surface area contributed by atoms with Gasteiger partial charge in [0.2, 0.25) is 0 Å². The highest BCUT2D eigenvalue weighted by molar-refractivity contribution is 6.06. The molecule has 0 unspecified atom stereocenters. The lowest BCUT2D eigenvalue weighted by Crippen LogP contribution is -2.29. The van der Waals surface area contributed by atoms with Gasteiger partial charge in [-0.3, -0.25) is 0 Å². The van der Waals surface area contributed by atoms with Gasteiger partial charge in [-0.25, -0.2) is 9.78 Å². The highest BCUT2D eigenvalue weighted by Gasteiger charge is 2.40. The lowest BCUT2D eigenvalue weighted by molar-refractivity contribution is -0.141. The molecular formula is C18H21F3N2O2. The van der Waals surface area contributed by atoms with Crippen LogP contribution in [0.15, 0.2) is 18.2 Å². The van der Waals surface area contributed by atoms with Gasteiger partial charge in [0.25, 0.3) is 0 Å². The molecule has 2 aromatic rings. The molecule has 0 fully saturated rings. The standard InChI is InChI=1S/C18H21F3N2O2/c1-6-25-16(24)13-14(23-17(3,4)5)11-9-10(2)7-8-12(11)22-15(13)18(19,20)21/h7-9H,6H2,1-5H3,(H,22,23). The van der Waals surface area contributed by atoms with E-state index in [1.165, 1.54) is 6.07 Å². The van der Waals surface area contributed by atoms with E-state index >= 15 is 0 Å². The van der Waals surface area contributed by atoms with E-state index in [1.54, 1.807) is 39.8 Å². The first kappa shape index (κ1) is 19.0. The van der Waals surface area contributed by atoms with Gasteiger partial charge in [-0.15, -0.1) is 0 Å². The van der Waals surface area contributed by atoms with Gasteiger partial charge in [0.15, 0.2) is 5.69 Å². The zero-order valence-electron chi connectivity index (χ0n) is 14.8. The number of pyridine rings is 1. The molecule has 4 nitrogen and oxygen atoms in total. The van der Waals surface area contributed by atoms with E-state index in [0.717, 1.165) is 5.56 Å². The Morgan fingerprint density at radius 3 is 2.40 bits per heavy atom. The third kappa shape index (κ3) is 4.21. The van der Waals surface area contributed by atoms with Gasteiger partial charge in [0.1, 0.15) is 5.56 Å². The number of aromatic nitrogens is 1. The van der Waals surface area contributed by atoms with Crippen molar-refractivity contribution in [2.24, 2.45) is 0 Å². The number of esters is 1. The molecule has 1 heterocycles. The van der Waals surface area contributed by atoms with Crippen LogP contribution in [0.2, 0.25) is 0 Å². The Kier molecular flexibility index (Phi) is 4.97. The molecule has 0 amide bonds. The lowest BCUT2D eigenvalue weighted by atomic mass is 10.00. The summed E-state index contributed by atoms with van der Waals surface area (Å²) in [6.07, 6.45) is -4.78. The van der Waals surface area contributed by atoms with Crippen molar-refractivity contribution >= 4 is 22.6 Å². The Balaban J connectivity index is 2.93. The van der Waals surface area contributed by atoms with Gasteiger partial charge in [-0.1, -0.05) is 11.6 Å². The predicted molar refractivity (Wildman–Crippen MR) is 90.8 cm³/mol. The summed E-state index contributed by atoms with van der Waals surface area (Å²) in [6, 6.07) is 4.91. The molecule has 25 heavy (non-hydrogen) atoms. The second-order valence-corrected chi connectivity index (χ2v) is 6.82. The van der Waals surface area contributed by atoms with Crippen molar-refractivity contribution < 1.29 is 22.7 Å². The number of aryl methyl sites for hydroxylation is 1. The summed E-state index contributed by atoms with van der Waals surface area (Å²) < 4.78 is 45.6. The van der Waals surface area contributed by atoms with E-state index in [9.17, 15) is 18.0 Å². The van der Waals surface area contributed by atoms with Gasteiger partial charge in [0, 0.05) is 10.9 Å². The molecule has 0 spiro atoms. The Morgan fingerprint density at radius 1 is 1.24 bits per heavy atom. The Labute approximate surface area is 144 Å². The number of rotatable bonds is 3. The van der Waals surface area contributed by atoms with Crippen LogP contribution in [0.4, 0.5) is 18.9 Å². The fraction of sp³-hybridized carbons (Fsp3) is 0.444. The fourth-order valence-corrected chi connectivity index (χ4v) is 2.49. The summed E-state index contributed by atoms with van der Waals surface area (Å²) in [7, 11) is 0. The average Bonchev–Trinajstić information content (AvgIpc) is 2.45. The van der Waals surface area contributed by atoms with Crippen molar-refractivity contribution in [1.82, 2.24) is 4.98 Å². The number of alkyl halides is 3. The minimum absolute atomic E-state index is 0.0308. The molecule has 0 aliphatic heterocycles. The van der Waals surface area contributed by atoms with E-state index in [4.69, 9.17) is 4.74 Å². The normalized spacial score (nSPS) is 12.3. The number of hydrogen-bond donors (Lipinski definition) is 1. The number of nitrogens with zero attached hydrogens (tertiary/aromatic N) is 1. The zero-order valence-corrected chi connectivity index (χ0v) is 14.8. The second-order valence-electron chi connectivity index (χ2n) is 6.82. The third-order valence-corrected chi connectivity index (χ3v) is 3.39. The maximum absolute atomic E-state index is 13.6. The van der Waals surface area contributed by atoms with Crippen molar-refractivity contribution in [3.8, 4) is 0 Å². The number of carbonyl (C=O) groups excluding carboxylic acids is 1. The van der Waals surface area contributed by atoms with Crippen LogP contribution in [0.25, 0.3) is 10.9 Å². The highest BCUT2D eigenvalue weighted by Crippen LogP contribution is 2.39. The topological polar surface area (TPSA) is 51.2 Å². The monoisotopic (exact) mass is 354 g/mol. The summed E-state index contributed by atoms with van der Waals surface area (Å²) in [4.78, 5) is 16.1. The molecule has 0 radical (unpaired) electrons. The van der Waals surface area contributed by atoms with Gasteiger partial charge in [-0.2, -0.15) is 13.2 Å². The van der Waals surface area contributed by atoms with Crippen LogP contribution in [0, 0.1) is 6.92 Å². The molecule has 1 N–H and O–H groups in total. The van der Waals surface area contributed by atoms with Crippen molar-refractivity contribution in [3.05, 3.63) is 35.0 Å². The van der Waals surface area contributed by atoms with Crippen molar-refractivity contribution in [2.75, 3.05) is 11.9 Å². The number of carbonyl (C=O) groups is 1. The number of fused-ring (bicyclic) bond motifs is 1. The lowest BCUT2D eigenvalue weighted by Gasteiger charge is -2.26. The molecule has 0 aliphatic carbocycles. The van der Waals surface area contributed by atoms with E-state index in [2.05, 4.69) is 10.3 Å². The van der Waals surface area contributed by atoms with Gasteiger partial charge in [-0.05, 0) is 46.8 Å². The van der Waals surface area contributed by atoms with Crippen LogP contribution in [0.3, 0.4) is 0 Å². The number of nitrogens with one attached hydrogen (secondary N) is 1. The summed E-state index contributed by atoms with van der Waals surface area (Å²) in [5, 5.41) is 3.48. The minimum Gasteiger partial charge on any atom is -0.462 e. The summed E-state index contributed by atoms with van der Waals surface area (Å²) >= 11 is 0. The molecule has 2 rings (SSSR count). The molecule has 136 valence electrons. The second kappa shape index (κ2) is 6.54. The Bertz CT molecular complexity index is 809. The van der Waals surface area contributed by atoms with E-state index in [-0.39, 0.29) is 17.8 Å². The van der Waals surface area contributed by atoms with Crippen LogP contribution >= 0.6 is 0 Å². The fourth-order valence-electron chi connectivity index (χ4n) is 2.49. The average molecular weight is 354 g/mol. The van der Waals surface area contributed by atoms with Crippen molar-refractivity contribution in [3.63, 3.8) is 0 Å².